The van der Waals surface area contributed by atoms with Gasteiger partial charge in [0.05, 0.1) is 35.3 Å². The van der Waals surface area contributed by atoms with Crippen LogP contribution in [0.15, 0.2) is 71.2 Å². The lowest BCUT2D eigenvalue weighted by atomic mass is 9.74. The van der Waals surface area contributed by atoms with Crippen molar-refractivity contribution in [3.8, 4) is 0 Å². The Kier molecular flexibility index (Phi) is 10.1. The molecule has 4 aliphatic rings. The zero-order chi connectivity index (χ0) is 35.2. The number of fused-ring (bicyclic) bond motifs is 2. The molecule has 2 N–H and O–H groups in total. The molecular weight excluding hydrogens is 714 g/mol. The van der Waals surface area contributed by atoms with Crippen LogP contribution < -0.4 is 10.2 Å². The average Bonchev–Trinajstić information content (AvgIpc) is 3.65. The fourth-order valence-corrected chi connectivity index (χ4v) is 8.87. The van der Waals surface area contributed by atoms with Crippen molar-refractivity contribution in [1.82, 2.24) is 10.2 Å². The molecule has 2 saturated heterocycles. The molecule has 0 aromatic heterocycles. The SMILES string of the molecule is Cc1cccc(Cl)c1N1C/C=C\CCC(=O)N[C@H](C)[C@@H](c2ccccc2)OC(=O)[C@@H]2[C@H]3O[C@@]4(C=C3Br)[C@H](C1=O)N([C@@H](CO)C(C)C)C(=O)[C@@H]24. The second-order valence-electron chi connectivity index (χ2n) is 13.6. The summed E-state index contributed by atoms with van der Waals surface area (Å²) in [5.74, 6) is -4.33. The third-order valence-electron chi connectivity index (χ3n) is 10.1. The minimum atomic E-state index is -1.54. The quantitative estimate of drug-likeness (QED) is 0.325. The number of aliphatic hydroxyl groups is 1. The molecular formula is C37H41BrClN3O7. The van der Waals surface area contributed by atoms with Crippen molar-refractivity contribution >= 4 is 56.9 Å². The van der Waals surface area contributed by atoms with Crippen molar-refractivity contribution in [1.29, 1.82) is 0 Å². The summed E-state index contributed by atoms with van der Waals surface area (Å²) in [6.07, 6.45) is 4.18. The topological polar surface area (TPSA) is 125 Å². The Morgan fingerprint density at radius 3 is 2.45 bits per heavy atom. The van der Waals surface area contributed by atoms with Gasteiger partial charge >= 0.3 is 5.97 Å². The van der Waals surface area contributed by atoms with Gasteiger partial charge in [0.2, 0.25) is 11.8 Å². The van der Waals surface area contributed by atoms with E-state index in [-0.39, 0.29) is 24.8 Å². The molecule has 260 valence electrons. The maximum absolute atomic E-state index is 15.2. The highest BCUT2D eigenvalue weighted by Gasteiger charge is 2.75. The number of hydrogen-bond acceptors (Lipinski definition) is 7. The number of hydrogen-bond donors (Lipinski definition) is 2. The predicted molar refractivity (Wildman–Crippen MR) is 188 cm³/mol. The van der Waals surface area contributed by atoms with Gasteiger partial charge in [-0.15, -0.1) is 0 Å². The molecule has 5 bridgehead atoms. The van der Waals surface area contributed by atoms with Crippen molar-refractivity contribution in [2.75, 3.05) is 18.1 Å². The lowest BCUT2D eigenvalue weighted by Crippen LogP contribution is -2.59. The number of benzene rings is 2. The van der Waals surface area contributed by atoms with E-state index >= 15 is 4.79 Å². The second kappa shape index (κ2) is 14.0. The first-order valence-electron chi connectivity index (χ1n) is 16.7. The van der Waals surface area contributed by atoms with Crippen LogP contribution in [-0.2, 0) is 28.7 Å². The van der Waals surface area contributed by atoms with E-state index in [1.807, 2.05) is 63.2 Å². The second-order valence-corrected chi connectivity index (χ2v) is 14.9. The summed E-state index contributed by atoms with van der Waals surface area (Å²) in [4.78, 5) is 60.4. The molecule has 8 atom stereocenters. The first-order valence-corrected chi connectivity index (χ1v) is 17.8. The highest BCUT2D eigenvalue weighted by Crippen LogP contribution is 2.60. The number of nitrogens with one attached hydrogen (secondary N) is 1. The van der Waals surface area contributed by atoms with Crippen LogP contribution in [0.3, 0.4) is 0 Å². The third kappa shape index (κ3) is 6.13. The van der Waals surface area contributed by atoms with Crippen LogP contribution >= 0.6 is 27.5 Å². The summed E-state index contributed by atoms with van der Waals surface area (Å²) in [5, 5.41) is 14.0. The van der Waals surface area contributed by atoms with Crippen LogP contribution in [0.5, 0.6) is 0 Å². The van der Waals surface area contributed by atoms with E-state index in [2.05, 4.69) is 21.2 Å². The van der Waals surface area contributed by atoms with Gasteiger partial charge in [0.25, 0.3) is 5.91 Å². The number of allylic oxidation sites excluding steroid dienone is 1. The molecule has 4 aliphatic heterocycles. The summed E-state index contributed by atoms with van der Waals surface area (Å²) in [6, 6.07) is 11.9. The van der Waals surface area contributed by atoms with Crippen LogP contribution in [0.1, 0.15) is 50.8 Å². The van der Waals surface area contributed by atoms with Gasteiger partial charge in [-0.25, -0.2) is 0 Å². The van der Waals surface area contributed by atoms with E-state index in [0.29, 0.717) is 27.2 Å². The van der Waals surface area contributed by atoms with E-state index in [4.69, 9.17) is 21.1 Å². The molecule has 0 saturated carbocycles. The Morgan fingerprint density at radius 1 is 1.04 bits per heavy atom. The van der Waals surface area contributed by atoms with Crippen LogP contribution in [0, 0.1) is 24.7 Å². The molecule has 0 radical (unpaired) electrons. The molecule has 10 nitrogen and oxygen atoms in total. The van der Waals surface area contributed by atoms with E-state index in [1.54, 1.807) is 31.2 Å². The number of rotatable bonds is 5. The maximum Gasteiger partial charge on any atom is 0.313 e. The molecule has 3 amide bonds. The number of amides is 3. The lowest BCUT2D eigenvalue weighted by Gasteiger charge is -2.40. The smallest absolute Gasteiger partial charge is 0.313 e. The highest BCUT2D eigenvalue weighted by atomic mass is 79.9. The van der Waals surface area contributed by atoms with Gasteiger partial charge in [0.15, 0.2) is 0 Å². The number of esters is 1. The van der Waals surface area contributed by atoms with Crippen LogP contribution in [0.4, 0.5) is 5.69 Å². The van der Waals surface area contributed by atoms with Gasteiger partial charge in [-0.2, -0.15) is 0 Å². The van der Waals surface area contributed by atoms with Crippen molar-refractivity contribution in [3.05, 3.63) is 87.4 Å². The van der Waals surface area contributed by atoms with Gasteiger partial charge in [0.1, 0.15) is 29.8 Å². The number of aliphatic hydroxyl groups excluding tert-OH is 1. The zero-order valence-electron chi connectivity index (χ0n) is 27.8. The van der Waals surface area contributed by atoms with E-state index in [0.717, 1.165) is 5.56 Å². The molecule has 6 rings (SSSR count). The molecule has 49 heavy (non-hydrogen) atoms. The van der Waals surface area contributed by atoms with Crippen LogP contribution in [0.25, 0.3) is 0 Å². The molecule has 4 heterocycles. The number of anilines is 1. The van der Waals surface area contributed by atoms with Crippen molar-refractivity contribution in [2.24, 2.45) is 17.8 Å². The maximum atomic E-state index is 15.2. The summed E-state index contributed by atoms with van der Waals surface area (Å²) >= 11 is 10.4. The third-order valence-corrected chi connectivity index (χ3v) is 11.1. The lowest BCUT2D eigenvalue weighted by molar-refractivity contribution is -0.162. The number of aryl methyl sites for hydroxylation is 1. The van der Waals surface area contributed by atoms with Gasteiger partial charge in [-0.3, -0.25) is 19.2 Å². The number of carbonyl (C=O) groups excluding carboxylic acids is 4. The summed E-state index contributed by atoms with van der Waals surface area (Å²) < 4.78 is 13.4. The van der Waals surface area contributed by atoms with Gasteiger partial charge in [-0.05, 0) is 49.5 Å². The Hall–Kier alpha value is -3.51. The minimum Gasteiger partial charge on any atom is -0.455 e. The van der Waals surface area contributed by atoms with Crippen molar-refractivity contribution in [2.45, 2.75) is 76.5 Å². The zero-order valence-corrected chi connectivity index (χ0v) is 30.2. The average molecular weight is 755 g/mol. The number of nitrogens with zero attached hydrogens (tertiary/aromatic N) is 2. The summed E-state index contributed by atoms with van der Waals surface area (Å²) in [7, 11) is 0. The number of carbonyl (C=O) groups is 4. The van der Waals surface area contributed by atoms with Crippen LogP contribution in [0.2, 0.25) is 5.02 Å². The predicted octanol–water partition coefficient (Wildman–Crippen LogP) is 5.01. The highest BCUT2D eigenvalue weighted by molar-refractivity contribution is 9.11. The molecule has 2 aromatic carbocycles. The standard InChI is InChI=1S/C37H41BrClN3O7/c1-20(2)26(19-43)42-33-35(46)41(30-21(3)12-11-15-25(30)39)17-10-6-9-16-27(44)40-22(4)31(23-13-7-5-8-14-23)48-36(47)28-29(34(42)45)37(33)18-24(38)32(28)49-37/h5-8,10-15,18,20,22,26,28-29,31-33,43H,9,16-17,19H2,1-4H3,(H,40,44)/b10-6-/t22-,26+,28+,29-,31+,32+,33+,37-/m1/s1. The minimum absolute atomic E-state index is 0.0854. The van der Waals surface area contributed by atoms with Gasteiger partial charge < -0.3 is 29.7 Å². The molecule has 1 spiro atoms. The fourth-order valence-electron chi connectivity index (χ4n) is 7.81. The Balaban J connectivity index is 1.53. The van der Waals surface area contributed by atoms with E-state index in [9.17, 15) is 19.5 Å². The number of cyclic esters (lactones) is 1. The normalized spacial score (nSPS) is 31.8. The summed E-state index contributed by atoms with van der Waals surface area (Å²) in [6.45, 7) is 7.04. The molecule has 0 aliphatic carbocycles. The molecule has 0 unspecified atom stereocenters. The van der Waals surface area contributed by atoms with E-state index in [1.165, 1.54) is 9.80 Å². The molecule has 2 aromatic rings. The number of halogens is 2. The van der Waals surface area contributed by atoms with Gasteiger partial charge in [0, 0.05) is 17.4 Å². The van der Waals surface area contributed by atoms with Crippen LogP contribution in [-0.4, -0.2) is 76.7 Å². The Morgan fingerprint density at radius 2 is 1.78 bits per heavy atom. The number of likely N-dealkylation sites (tertiary alicyclic amines) is 1. The summed E-state index contributed by atoms with van der Waals surface area (Å²) in [5.41, 5.74) is 0.338. The number of ether oxygens (including phenoxy) is 2. The molecule has 12 heteroatoms. The van der Waals surface area contributed by atoms with Crippen molar-refractivity contribution in [3.63, 3.8) is 0 Å². The van der Waals surface area contributed by atoms with Crippen molar-refractivity contribution < 1.29 is 33.8 Å². The van der Waals surface area contributed by atoms with Gasteiger partial charge in [-0.1, -0.05) is 96.0 Å². The molecule has 2 fully saturated rings. The monoisotopic (exact) mass is 753 g/mol. The Bertz CT molecular complexity index is 1680. The Labute approximate surface area is 299 Å². The largest absolute Gasteiger partial charge is 0.455 e. The first-order chi connectivity index (χ1) is 23.4. The first kappa shape index (κ1) is 35.3. The number of para-hydroxylation sites is 1. The van der Waals surface area contributed by atoms with E-state index < -0.39 is 72.2 Å². The fraction of sp³-hybridized carbons (Fsp3) is 0.459.